The molecule has 28 heavy (non-hydrogen) atoms. The van der Waals surface area contributed by atoms with E-state index in [2.05, 4.69) is 0 Å². The van der Waals surface area contributed by atoms with Crippen molar-refractivity contribution in [2.75, 3.05) is 13.7 Å². The molecule has 2 aliphatic heterocycles. The number of rotatable bonds is 5. The van der Waals surface area contributed by atoms with E-state index >= 15 is 0 Å². The summed E-state index contributed by atoms with van der Waals surface area (Å²) < 4.78 is 20.7. The van der Waals surface area contributed by atoms with Crippen LogP contribution in [0.5, 0.6) is 11.5 Å². The number of carbonyl (C=O) groups is 2. The van der Waals surface area contributed by atoms with Crippen molar-refractivity contribution in [3.8, 4) is 11.5 Å². The lowest BCUT2D eigenvalue weighted by atomic mass is 10.1. The van der Waals surface area contributed by atoms with Crippen LogP contribution in [-0.2, 0) is 32.1 Å². The van der Waals surface area contributed by atoms with Gasteiger partial charge in [-0.15, -0.1) is 0 Å². The Bertz CT molecular complexity index is 795. The minimum Gasteiger partial charge on any atom is -0.493 e. The van der Waals surface area contributed by atoms with Crippen LogP contribution in [-0.4, -0.2) is 31.3 Å². The minimum atomic E-state index is -1.04. The molecule has 0 spiro atoms. The van der Waals surface area contributed by atoms with Crippen molar-refractivity contribution < 1.29 is 28.5 Å². The Morgan fingerprint density at radius 2 is 1.64 bits per heavy atom. The van der Waals surface area contributed by atoms with Crippen molar-refractivity contribution in [2.24, 2.45) is 0 Å². The zero-order valence-electron chi connectivity index (χ0n) is 16.7. The number of hydrogen-bond donors (Lipinski definition) is 0. The smallest absolute Gasteiger partial charge is 0.349 e. The first kappa shape index (κ1) is 21.3. The Hall–Kier alpha value is -3.02. The molecule has 150 valence electrons. The number of benzene rings is 2. The quantitative estimate of drug-likeness (QED) is 0.730. The average molecular weight is 386 g/mol. The maximum absolute atomic E-state index is 11.7. The van der Waals surface area contributed by atoms with Crippen molar-refractivity contribution in [2.45, 2.75) is 39.4 Å². The third-order valence-electron chi connectivity index (χ3n) is 3.97. The van der Waals surface area contributed by atoms with Gasteiger partial charge in [-0.05, 0) is 44.0 Å². The van der Waals surface area contributed by atoms with E-state index in [-0.39, 0.29) is 5.97 Å². The third kappa shape index (κ3) is 6.01. The van der Waals surface area contributed by atoms with Gasteiger partial charge in [0.05, 0.1) is 20.1 Å². The maximum atomic E-state index is 11.7. The first-order valence-electron chi connectivity index (χ1n) is 9.08. The first-order valence-corrected chi connectivity index (χ1v) is 9.08. The highest BCUT2D eigenvalue weighted by Gasteiger charge is 2.32. The summed E-state index contributed by atoms with van der Waals surface area (Å²) in [5, 5.41) is 0. The number of fused-ring (bicyclic) bond motifs is 5. The minimum absolute atomic E-state index is 0.133. The highest BCUT2D eigenvalue weighted by molar-refractivity contribution is 5.79. The van der Waals surface area contributed by atoms with Crippen molar-refractivity contribution in [1.82, 2.24) is 0 Å². The molecule has 0 N–H and O–H groups in total. The average Bonchev–Trinajstić information content (AvgIpc) is 2.66. The third-order valence-corrected chi connectivity index (χ3v) is 3.97. The Kier molecular flexibility index (Phi) is 7.44. The van der Waals surface area contributed by atoms with Crippen LogP contribution in [0.4, 0.5) is 0 Å². The molecule has 0 saturated carbocycles. The Labute approximate surface area is 165 Å². The van der Waals surface area contributed by atoms with E-state index in [9.17, 15) is 9.59 Å². The molecular formula is C22H26O6. The highest BCUT2D eigenvalue weighted by Crippen LogP contribution is 2.29. The monoisotopic (exact) mass is 386 g/mol. The van der Waals surface area contributed by atoms with Crippen molar-refractivity contribution >= 4 is 11.9 Å². The summed E-state index contributed by atoms with van der Waals surface area (Å²) in [4.78, 5) is 22.6. The van der Waals surface area contributed by atoms with Gasteiger partial charge in [0.2, 0.25) is 0 Å². The molecule has 0 atom stereocenters. The van der Waals surface area contributed by atoms with Crippen LogP contribution >= 0.6 is 0 Å². The molecule has 2 heterocycles. The van der Waals surface area contributed by atoms with E-state index in [1.54, 1.807) is 40.0 Å². The zero-order chi connectivity index (χ0) is 20.6. The molecule has 0 saturated heterocycles. The number of ether oxygens (including phenoxy) is 4. The van der Waals surface area contributed by atoms with Gasteiger partial charge >= 0.3 is 11.9 Å². The molecule has 0 radical (unpaired) electrons. The second-order valence-electron chi connectivity index (χ2n) is 6.64. The summed E-state index contributed by atoms with van der Waals surface area (Å²) in [6.45, 7) is 5.84. The molecule has 0 aromatic heterocycles. The van der Waals surface area contributed by atoms with Crippen LogP contribution < -0.4 is 9.47 Å². The molecule has 4 rings (SSSR count). The fourth-order valence-electron chi connectivity index (χ4n) is 2.46. The van der Waals surface area contributed by atoms with E-state index in [4.69, 9.17) is 18.9 Å². The standard InChI is InChI=1S/C13H18O4.C9H8O2/c1-5-16-12(14)13(2,3)17-11-9-7-6-8-10(11)15-4;10-9-5-7-1-3-8(4-2-7)6-11-9/h6-9H,5H2,1-4H3;1-4H,5-6H2. The van der Waals surface area contributed by atoms with Crippen LogP contribution in [0.1, 0.15) is 31.9 Å². The van der Waals surface area contributed by atoms with E-state index < -0.39 is 11.6 Å². The summed E-state index contributed by atoms with van der Waals surface area (Å²) >= 11 is 0. The van der Waals surface area contributed by atoms with Crippen molar-refractivity contribution in [3.05, 3.63) is 59.7 Å². The SMILES string of the molecule is CCOC(=O)C(C)(C)Oc1ccccc1OC.O=C1Cc2ccc(cc2)CO1. The molecule has 2 bridgehead atoms. The van der Waals surface area contributed by atoms with Crippen LogP contribution in [0.3, 0.4) is 0 Å². The normalized spacial score (nSPS) is 12.6. The molecule has 6 heteroatoms. The summed E-state index contributed by atoms with van der Waals surface area (Å²) in [5.74, 6) is 0.579. The fourth-order valence-corrected chi connectivity index (χ4v) is 2.46. The van der Waals surface area contributed by atoms with Crippen molar-refractivity contribution in [3.63, 3.8) is 0 Å². The van der Waals surface area contributed by atoms with Gasteiger partial charge in [0.1, 0.15) is 6.61 Å². The van der Waals surface area contributed by atoms with Gasteiger partial charge in [0, 0.05) is 0 Å². The second-order valence-corrected chi connectivity index (χ2v) is 6.64. The van der Waals surface area contributed by atoms with Crippen LogP contribution in [0.2, 0.25) is 0 Å². The highest BCUT2D eigenvalue weighted by atomic mass is 16.6. The zero-order valence-corrected chi connectivity index (χ0v) is 16.7. The van der Waals surface area contributed by atoms with Gasteiger partial charge in [-0.25, -0.2) is 4.79 Å². The topological polar surface area (TPSA) is 71.1 Å². The summed E-state index contributed by atoms with van der Waals surface area (Å²) in [7, 11) is 1.56. The number of para-hydroxylation sites is 2. The van der Waals surface area contributed by atoms with Crippen LogP contribution in [0.25, 0.3) is 0 Å². The Morgan fingerprint density at radius 1 is 1.04 bits per heavy atom. The molecule has 2 aromatic carbocycles. The van der Waals surface area contributed by atoms with Crippen LogP contribution in [0.15, 0.2) is 48.5 Å². The summed E-state index contributed by atoms with van der Waals surface area (Å²) in [6.07, 6.45) is 0.403. The molecular weight excluding hydrogens is 360 g/mol. The van der Waals surface area contributed by atoms with Crippen molar-refractivity contribution in [1.29, 1.82) is 0 Å². The Balaban J connectivity index is 0.000000218. The summed E-state index contributed by atoms with van der Waals surface area (Å²) in [6, 6.07) is 15.1. The molecule has 0 amide bonds. The second kappa shape index (κ2) is 9.78. The molecule has 2 aliphatic rings. The van der Waals surface area contributed by atoms with E-state index in [0.717, 1.165) is 11.1 Å². The number of methoxy groups -OCH3 is 1. The van der Waals surface area contributed by atoms with E-state index in [1.165, 1.54) is 0 Å². The van der Waals surface area contributed by atoms with Gasteiger partial charge in [0.15, 0.2) is 17.1 Å². The number of esters is 2. The lowest BCUT2D eigenvalue weighted by Gasteiger charge is -2.24. The molecule has 2 aromatic rings. The largest absolute Gasteiger partial charge is 0.493 e. The van der Waals surface area contributed by atoms with Crippen LogP contribution in [0, 0.1) is 0 Å². The van der Waals surface area contributed by atoms with Gasteiger partial charge in [0.25, 0.3) is 0 Å². The van der Waals surface area contributed by atoms with E-state index in [0.29, 0.717) is 31.1 Å². The molecule has 6 nitrogen and oxygen atoms in total. The van der Waals surface area contributed by atoms with E-state index in [1.807, 2.05) is 36.4 Å². The van der Waals surface area contributed by atoms with Gasteiger partial charge in [-0.2, -0.15) is 0 Å². The predicted octanol–water partition coefficient (Wildman–Crippen LogP) is 3.70. The van der Waals surface area contributed by atoms with Gasteiger partial charge in [-0.1, -0.05) is 36.4 Å². The lowest BCUT2D eigenvalue weighted by Crippen LogP contribution is -2.39. The molecule has 0 unspecified atom stereocenters. The maximum Gasteiger partial charge on any atom is 0.349 e. The molecule has 0 fully saturated rings. The lowest BCUT2D eigenvalue weighted by molar-refractivity contribution is -0.158. The Morgan fingerprint density at radius 3 is 2.25 bits per heavy atom. The van der Waals surface area contributed by atoms with Gasteiger partial charge < -0.3 is 18.9 Å². The number of carbonyl (C=O) groups excluding carboxylic acids is 2. The predicted molar refractivity (Wildman–Crippen MR) is 104 cm³/mol. The summed E-state index contributed by atoms with van der Waals surface area (Å²) in [5.41, 5.74) is 1.05. The van der Waals surface area contributed by atoms with Gasteiger partial charge in [-0.3, -0.25) is 4.79 Å². The fraction of sp³-hybridized carbons (Fsp3) is 0.364. The molecule has 0 aliphatic carbocycles. The number of hydrogen-bond acceptors (Lipinski definition) is 6. The first-order chi connectivity index (χ1) is 13.4.